The summed E-state index contributed by atoms with van der Waals surface area (Å²) in [6.45, 7) is 2.07. The molecule has 1 heterocycles. The molecule has 1 aromatic heterocycles. The highest BCUT2D eigenvalue weighted by Gasteiger charge is 2.18. The summed E-state index contributed by atoms with van der Waals surface area (Å²) >= 11 is 0. The van der Waals surface area contributed by atoms with Crippen LogP contribution in [0.1, 0.15) is 22.3 Å². The van der Waals surface area contributed by atoms with Crippen LogP contribution in [0.3, 0.4) is 0 Å². The minimum atomic E-state index is 0.574. The van der Waals surface area contributed by atoms with Gasteiger partial charge in [0.2, 0.25) is 0 Å². The molecule has 6 rings (SSSR count). The van der Waals surface area contributed by atoms with Crippen molar-refractivity contribution in [1.29, 1.82) is 15.8 Å². The van der Waals surface area contributed by atoms with Crippen LogP contribution < -0.4 is 4.90 Å². The maximum Gasteiger partial charge on any atom is 0.0991 e. The molecule has 0 radical (unpaired) electrons. The Morgan fingerprint density at radius 3 is 1.64 bits per heavy atom. The van der Waals surface area contributed by atoms with Crippen molar-refractivity contribution in [3.63, 3.8) is 0 Å². The highest BCUT2D eigenvalue weighted by atomic mass is 15.1. The second-order valence-corrected chi connectivity index (χ2v) is 9.38. The summed E-state index contributed by atoms with van der Waals surface area (Å²) in [7, 11) is 0. The number of aryl methyl sites for hydroxylation is 1. The van der Waals surface area contributed by atoms with Gasteiger partial charge in [0.25, 0.3) is 0 Å². The maximum atomic E-state index is 9.54. The zero-order valence-corrected chi connectivity index (χ0v) is 21.1. The summed E-state index contributed by atoms with van der Waals surface area (Å²) in [6, 6.07) is 42.2. The average Bonchev–Trinajstić information content (AvgIpc) is 3.30. The molecule has 5 heteroatoms. The molecule has 0 aliphatic carbocycles. The second kappa shape index (κ2) is 9.56. The first-order valence-electron chi connectivity index (χ1n) is 12.5. The van der Waals surface area contributed by atoms with E-state index in [1.807, 2.05) is 78.9 Å². The number of nitriles is 3. The summed E-state index contributed by atoms with van der Waals surface area (Å²) in [4.78, 5) is 2.17. The van der Waals surface area contributed by atoms with Gasteiger partial charge in [0.1, 0.15) is 0 Å². The van der Waals surface area contributed by atoms with Crippen LogP contribution in [-0.4, -0.2) is 4.57 Å². The SMILES string of the molecule is Cc1cc(N(c2ccccc2)c2ccc(C#N)cc2)cc(-n2c3ccc(C#N)cc3c3cc(C#N)ccc32)c1. The number of para-hydroxylation sites is 1. The highest BCUT2D eigenvalue weighted by molar-refractivity contribution is 6.10. The van der Waals surface area contributed by atoms with E-state index < -0.39 is 0 Å². The molecule has 0 amide bonds. The van der Waals surface area contributed by atoms with E-state index >= 15 is 0 Å². The first kappa shape index (κ1) is 23.6. The monoisotopic (exact) mass is 499 g/mol. The van der Waals surface area contributed by atoms with Crippen LogP contribution in [-0.2, 0) is 0 Å². The fourth-order valence-electron chi connectivity index (χ4n) is 5.15. The molecule has 0 saturated heterocycles. The van der Waals surface area contributed by atoms with Gasteiger partial charge in [0.15, 0.2) is 0 Å². The van der Waals surface area contributed by atoms with Crippen molar-refractivity contribution < 1.29 is 0 Å². The molecule has 0 atom stereocenters. The minimum absolute atomic E-state index is 0.574. The van der Waals surface area contributed by atoms with Crippen molar-refractivity contribution in [2.75, 3.05) is 4.90 Å². The topological polar surface area (TPSA) is 79.5 Å². The van der Waals surface area contributed by atoms with E-state index in [2.05, 4.69) is 64.9 Å². The van der Waals surface area contributed by atoms with Crippen LogP contribution in [0.15, 0.2) is 109 Å². The van der Waals surface area contributed by atoms with Gasteiger partial charge in [-0.05, 0) is 103 Å². The average molecular weight is 500 g/mol. The third-order valence-electron chi connectivity index (χ3n) is 6.86. The molecule has 39 heavy (non-hydrogen) atoms. The third-order valence-corrected chi connectivity index (χ3v) is 6.86. The summed E-state index contributed by atoms with van der Waals surface area (Å²) in [5.74, 6) is 0. The Labute approximate surface area is 226 Å². The number of aromatic nitrogens is 1. The van der Waals surface area contributed by atoms with Crippen LogP contribution in [0.5, 0.6) is 0 Å². The molecule has 0 unspecified atom stereocenters. The molecule has 0 saturated carbocycles. The minimum Gasteiger partial charge on any atom is -0.310 e. The van der Waals surface area contributed by atoms with E-state index in [9.17, 15) is 15.8 Å². The first-order valence-corrected chi connectivity index (χ1v) is 12.5. The van der Waals surface area contributed by atoms with Gasteiger partial charge in [0.05, 0.1) is 45.9 Å². The summed E-state index contributed by atoms with van der Waals surface area (Å²) in [5, 5.41) is 30.3. The zero-order valence-electron chi connectivity index (χ0n) is 21.1. The fraction of sp³-hybridized carbons (Fsp3) is 0.0294. The predicted octanol–water partition coefficient (Wildman–Crippen LogP) is 8.18. The van der Waals surface area contributed by atoms with Crippen LogP contribution in [0.4, 0.5) is 17.1 Å². The quantitative estimate of drug-likeness (QED) is 0.245. The molecule has 182 valence electrons. The maximum absolute atomic E-state index is 9.54. The molecule has 0 spiro atoms. The molecule has 0 bridgehead atoms. The van der Waals surface area contributed by atoms with Crippen molar-refractivity contribution >= 4 is 38.9 Å². The summed E-state index contributed by atoms with van der Waals surface area (Å²) in [5.41, 5.74) is 8.63. The van der Waals surface area contributed by atoms with Gasteiger partial charge in [-0.3, -0.25) is 0 Å². The lowest BCUT2D eigenvalue weighted by Gasteiger charge is -2.26. The Bertz CT molecular complexity index is 1930. The third kappa shape index (κ3) is 4.13. The normalized spacial score (nSPS) is 10.6. The molecular weight excluding hydrogens is 478 g/mol. The lowest BCUT2D eigenvalue weighted by Crippen LogP contribution is -2.11. The molecular formula is C34H21N5. The smallest absolute Gasteiger partial charge is 0.0991 e. The van der Waals surface area contributed by atoms with Crippen molar-refractivity contribution in [3.8, 4) is 23.9 Å². The zero-order chi connectivity index (χ0) is 26.9. The van der Waals surface area contributed by atoms with E-state index in [0.29, 0.717) is 16.7 Å². The number of benzene rings is 5. The lowest BCUT2D eigenvalue weighted by atomic mass is 10.1. The van der Waals surface area contributed by atoms with Crippen molar-refractivity contribution in [2.24, 2.45) is 0 Å². The largest absolute Gasteiger partial charge is 0.310 e. The molecule has 5 nitrogen and oxygen atoms in total. The second-order valence-electron chi connectivity index (χ2n) is 9.38. The number of fused-ring (bicyclic) bond motifs is 3. The summed E-state index contributed by atoms with van der Waals surface area (Å²) in [6.07, 6.45) is 0. The Morgan fingerprint density at radius 1 is 0.538 bits per heavy atom. The number of hydrogen-bond donors (Lipinski definition) is 0. The van der Waals surface area contributed by atoms with Crippen LogP contribution in [0.25, 0.3) is 27.5 Å². The van der Waals surface area contributed by atoms with Gasteiger partial charge >= 0.3 is 0 Å². The fourth-order valence-corrected chi connectivity index (χ4v) is 5.15. The Morgan fingerprint density at radius 2 is 1.08 bits per heavy atom. The van der Waals surface area contributed by atoms with Gasteiger partial charge < -0.3 is 9.47 Å². The Kier molecular flexibility index (Phi) is 5.78. The number of rotatable bonds is 4. The highest BCUT2D eigenvalue weighted by Crippen LogP contribution is 2.39. The van der Waals surface area contributed by atoms with Crippen molar-refractivity contribution in [3.05, 3.63) is 131 Å². The molecule has 0 fully saturated rings. The summed E-state index contributed by atoms with van der Waals surface area (Å²) < 4.78 is 2.19. The molecule has 6 aromatic rings. The first-order chi connectivity index (χ1) is 19.1. The Balaban J connectivity index is 1.62. The predicted molar refractivity (Wildman–Crippen MR) is 154 cm³/mol. The number of hydrogen-bond acceptors (Lipinski definition) is 4. The molecule has 0 N–H and O–H groups in total. The van der Waals surface area contributed by atoms with Gasteiger partial charge in [-0.15, -0.1) is 0 Å². The van der Waals surface area contributed by atoms with Crippen LogP contribution >= 0.6 is 0 Å². The van der Waals surface area contributed by atoms with Gasteiger partial charge in [-0.2, -0.15) is 15.8 Å². The van der Waals surface area contributed by atoms with E-state index in [0.717, 1.165) is 50.1 Å². The lowest BCUT2D eigenvalue weighted by molar-refractivity contribution is 1.16. The van der Waals surface area contributed by atoms with Crippen molar-refractivity contribution in [2.45, 2.75) is 6.92 Å². The van der Waals surface area contributed by atoms with Gasteiger partial charge in [0, 0.05) is 33.5 Å². The van der Waals surface area contributed by atoms with Crippen LogP contribution in [0.2, 0.25) is 0 Å². The van der Waals surface area contributed by atoms with E-state index in [-0.39, 0.29) is 0 Å². The molecule has 0 aliphatic heterocycles. The molecule has 0 aliphatic rings. The van der Waals surface area contributed by atoms with Crippen LogP contribution in [0, 0.1) is 40.9 Å². The number of nitrogens with zero attached hydrogens (tertiary/aromatic N) is 5. The van der Waals surface area contributed by atoms with E-state index in [1.165, 1.54) is 0 Å². The number of anilines is 3. The van der Waals surface area contributed by atoms with Gasteiger partial charge in [-0.25, -0.2) is 0 Å². The van der Waals surface area contributed by atoms with Gasteiger partial charge in [-0.1, -0.05) is 18.2 Å². The standard InChI is InChI=1S/C34H21N5/c1-23-15-29(38(27-5-3-2-4-6-27)28-11-7-24(20-35)8-12-28)19-30(16-23)39-33-13-9-25(21-36)17-31(33)32-18-26(22-37)10-14-34(32)39/h2-19H,1H3. The van der Waals surface area contributed by atoms with E-state index in [1.54, 1.807) is 0 Å². The Hall–Kier alpha value is -5.83. The van der Waals surface area contributed by atoms with E-state index in [4.69, 9.17) is 0 Å². The van der Waals surface area contributed by atoms with Crippen molar-refractivity contribution in [1.82, 2.24) is 4.57 Å². The molecule has 5 aromatic carbocycles.